The molecule has 0 aliphatic heterocycles. The van der Waals surface area contributed by atoms with Gasteiger partial charge in [0.2, 0.25) is 5.78 Å². The van der Waals surface area contributed by atoms with Crippen molar-refractivity contribution < 1.29 is 9.47 Å². The lowest BCUT2D eigenvalue weighted by Crippen LogP contribution is -1.90. The highest BCUT2D eigenvalue weighted by molar-refractivity contribution is 5.65. The Hall–Kier alpha value is -2.56. The summed E-state index contributed by atoms with van der Waals surface area (Å²) in [7, 11) is 3.24. The molecule has 0 aliphatic rings. The molecular formula is C14H13N3O2. The van der Waals surface area contributed by atoms with E-state index in [1.165, 1.54) is 0 Å². The average molecular weight is 255 g/mol. The van der Waals surface area contributed by atoms with Gasteiger partial charge in [0.05, 0.1) is 19.9 Å². The van der Waals surface area contributed by atoms with Gasteiger partial charge < -0.3 is 9.47 Å². The highest BCUT2D eigenvalue weighted by Gasteiger charge is 2.09. The molecule has 0 saturated heterocycles. The lowest BCUT2D eigenvalue weighted by molar-refractivity contribution is 0.355. The smallest absolute Gasteiger partial charge is 0.234 e. The van der Waals surface area contributed by atoms with Gasteiger partial charge in [-0.05, 0) is 24.3 Å². The second-order valence-corrected chi connectivity index (χ2v) is 4.02. The van der Waals surface area contributed by atoms with Crippen LogP contribution in [0.2, 0.25) is 0 Å². The Morgan fingerprint density at radius 1 is 1.11 bits per heavy atom. The van der Waals surface area contributed by atoms with Crippen LogP contribution < -0.4 is 9.47 Å². The number of methoxy groups -OCH3 is 2. The molecule has 5 nitrogen and oxygen atoms in total. The lowest BCUT2D eigenvalue weighted by Gasteiger charge is -2.08. The van der Waals surface area contributed by atoms with Crippen LogP contribution in [-0.2, 0) is 0 Å². The van der Waals surface area contributed by atoms with Crippen molar-refractivity contribution in [2.45, 2.75) is 0 Å². The third-order valence-corrected chi connectivity index (χ3v) is 2.91. The predicted octanol–water partition coefficient (Wildman–Crippen LogP) is 2.41. The van der Waals surface area contributed by atoms with Crippen molar-refractivity contribution in [1.29, 1.82) is 0 Å². The molecule has 0 unspecified atom stereocenters. The normalized spacial score (nSPS) is 10.6. The zero-order chi connectivity index (χ0) is 13.2. The van der Waals surface area contributed by atoms with Gasteiger partial charge in [0.1, 0.15) is 0 Å². The molecule has 0 atom stereocenters. The zero-order valence-corrected chi connectivity index (χ0v) is 10.7. The van der Waals surface area contributed by atoms with Crippen LogP contribution in [0.15, 0.2) is 42.9 Å². The number of nitrogens with zero attached hydrogens (tertiary/aromatic N) is 3. The van der Waals surface area contributed by atoms with Crippen molar-refractivity contribution in [3.63, 3.8) is 0 Å². The van der Waals surface area contributed by atoms with Gasteiger partial charge in [0.15, 0.2) is 11.5 Å². The van der Waals surface area contributed by atoms with E-state index in [9.17, 15) is 0 Å². The molecule has 0 spiro atoms. The third-order valence-electron chi connectivity index (χ3n) is 2.91. The van der Waals surface area contributed by atoms with Crippen LogP contribution in [0.1, 0.15) is 0 Å². The number of imidazole rings is 1. The van der Waals surface area contributed by atoms with Gasteiger partial charge in [0.25, 0.3) is 0 Å². The van der Waals surface area contributed by atoms with Crippen molar-refractivity contribution in [2.75, 3.05) is 14.2 Å². The summed E-state index contributed by atoms with van der Waals surface area (Å²) in [6, 6.07) is 7.59. The molecule has 0 radical (unpaired) electrons. The topological polar surface area (TPSA) is 48.7 Å². The Bertz CT molecular complexity index is 689. The second kappa shape index (κ2) is 4.61. The summed E-state index contributed by atoms with van der Waals surface area (Å²) in [4.78, 5) is 8.67. The van der Waals surface area contributed by atoms with E-state index in [1.54, 1.807) is 20.4 Å². The van der Waals surface area contributed by atoms with E-state index in [0.29, 0.717) is 17.3 Å². The van der Waals surface area contributed by atoms with E-state index < -0.39 is 0 Å². The van der Waals surface area contributed by atoms with E-state index in [-0.39, 0.29) is 0 Å². The average Bonchev–Trinajstić information content (AvgIpc) is 2.90. The first kappa shape index (κ1) is 11.5. The van der Waals surface area contributed by atoms with Crippen LogP contribution in [0.3, 0.4) is 0 Å². The van der Waals surface area contributed by atoms with E-state index in [4.69, 9.17) is 9.47 Å². The summed E-state index contributed by atoms with van der Waals surface area (Å²) in [5, 5.41) is 0. The van der Waals surface area contributed by atoms with Crippen LogP contribution in [0.4, 0.5) is 0 Å². The molecular weight excluding hydrogens is 242 g/mol. The minimum absolute atomic E-state index is 0.673. The Morgan fingerprint density at radius 2 is 1.95 bits per heavy atom. The first-order valence-corrected chi connectivity index (χ1v) is 5.84. The van der Waals surface area contributed by atoms with Crippen LogP contribution in [0.5, 0.6) is 11.5 Å². The molecule has 5 heteroatoms. The van der Waals surface area contributed by atoms with E-state index in [1.807, 2.05) is 41.1 Å². The molecule has 0 bridgehead atoms. The first-order chi connectivity index (χ1) is 9.31. The summed E-state index contributed by atoms with van der Waals surface area (Å²) in [6.45, 7) is 0. The largest absolute Gasteiger partial charge is 0.493 e. The van der Waals surface area contributed by atoms with Gasteiger partial charge in [-0.2, -0.15) is 0 Å². The minimum Gasteiger partial charge on any atom is -0.493 e. The lowest BCUT2D eigenvalue weighted by atomic mass is 10.1. The van der Waals surface area contributed by atoms with E-state index in [0.717, 1.165) is 11.3 Å². The Labute approximate surface area is 110 Å². The summed E-state index contributed by atoms with van der Waals surface area (Å²) < 4.78 is 12.4. The number of aromatic nitrogens is 3. The summed E-state index contributed by atoms with van der Waals surface area (Å²) in [5.74, 6) is 2.06. The first-order valence-electron chi connectivity index (χ1n) is 5.84. The highest BCUT2D eigenvalue weighted by Crippen LogP contribution is 2.31. The van der Waals surface area contributed by atoms with Crippen LogP contribution >= 0.6 is 0 Å². The second-order valence-electron chi connectivity index (χ2n) is 4.02. The molecule has 3 rings (SSSR count). The molecule has 0 N–H and O–H groups in total. The van der Waals surface area contributed by atoms with Crippen LogP contribution in [0, 0.1) is 0 Å². The Morgan fingerprint density at radius 3 is 2.68 bits per heavy atom. The summed E-state index contributed by atoms with van der Waals surface area (Å²) in [6.07, 6.45) is 5.57. The number of hydrogen-bond donors (Lipinski definition) is 0. The van der Waals surface area contributed by atoms with Gasteiger partial charge in [-0.3, -0.25) is 4.40 Å². The maximum absolute atomic E-state index is 5.30. The monoisotopic (exact) mass is 255 g/mol. The molecule has 2 heterocycles. The molecule has 96 valence electrons. The van der Waals surface area contributed by atoms with Crippen molar-refractivity contribution >= 4 is 5.78 Å². The maximum Gasteiger partial charge on any atom is 0.234 e. The SMILES string of the molecule is COc1ccc(-c2cn3cccnc3n2)cc1OC. The van der Waals surface area contributed by atoms with Gasteiger partial charge in [-0.25, -0.2) is 9.97 Å². The Balaban J connectivity index is 2.10. The van der Waals surface area contributed by atoms with Crippen molar-refractivity contribution in [3.05, 3.63) is 42.9 Å². The molecule has 19 heavy (non-hydrogen) atoms. The fourth-order valence-corrected chi connectivity index (χ4v) is 1.96. The minimum atomic E-state index is 0.673. The van der Waals surface area contributed by atoms with Crippen LogP contribution in [-0.4, -0.2) is 28.6 Å². The third kappa shape index (κ3) is 1.99. The van der Waals surface area contributed by atoms with Gasteiger partial charge in [0, 0.05) is 24.2 Å². The molecule has 0 amide bonds. The summed E-state index contributed by atoms with van der Waals surface area (Å²) >= 11 is 0. The maximum atomic E-state index is 5.30. The zero-order valence-electron chi connectivity index (χ0n) is 10.7. The highest BCUT2D eigenvalue weighted by atomic mass is 16.5. The van der Waals surface area contributed by atoms with Gasteiger partial charge >= 0.3 is 0 Å². The number of hydrogen-bond acceptors (Lipinski definition) is 4. The van der Waals surface area contributed by atoms with Crippen molar-refractivity contribution in [3.8, 4) is 22.8 Å². The van der Waals surface area contributed by atoms with Gasteiger partial charge in [-0.1, -0.05) is 0 Å². The number of ether oxygens (including phenoxy) is 2. The number of fused-ring (bicyclic) bond motifs is 1. The summed E-state index contributed by atoms with van der Waals surface area (Å²) in [5.41, 5.74) is 1.81. The van der Waals surface area contributed by atoms with E-state index in [2.05, 4.69) is 9.97 Å². The van der Waals surface area contributed by atoms with Crippen LogP contribution in [0.25, 0.3) is 17.0 Å². The van der Waals surface area contributed by atoms with Gasteiger partial charge in [-0.15, -0.1) is 0 Å². The fourth-order valence-electron chi connectivity index (χ4n) is 1.96. The van der Waals surface area contributed by atoms with Crippen molar-refractivity contribution in [2.24, 2.45) is 0 Å². The standard InChI is InChI=1S/C14H13N3O2/c1-18-12-5-4-10(8-13(12)19-2)11-9-17-7-3-6-15-14(17)16-11/h3-9H,1-2H3. The van der Waals surface area contributed by atoms with Crippen molar-refractivity contribution in [1.82, 2.24) is 14.4 Å². The molecule has 0 aliphatic carbocycles. The molecule has 1 aromatic carbocycles. The molecule has 0 fully saturated rings. The number of benzene rings is 1. The molecule has 0 saturated carbocycles. The van der Waals surface area contributed by atoms with E-state index >= 15 is 0 Å². The predicted molar refractivity (Wildman–Crippen MR) is 71.5 cm³/mol. The fraction of sp³-hybridized carbons (Fsp3) is 0.143. The quantitative estimate of drug-likeness (QED) is 0.721. The molecule has 2 aromatic heterocycles. The Kier molecular flexibility index (Phi) is 2.79. The number of rotatable bonds is 3. The molecule has 3 aromatic rings.